The Kier molecular flexibility index (Phi) is 5.06. The zero-order valence-electron chi connectivity index (χ0n) is 12.1. The Labute approximate surface area is 134 Å². The van der Waals surface area contributed by atoms with E-state index in [0.717, 1.165) is 15.7 Å². The van der Waals surface area contributed by atoms with Crippen LogP contribution in [0.5, 0.6) is 0 Å². The molecule has 0 fully saturated rings. The van der Waals surface area contributed by atoms with Crippen LogP contribution in [0.1, 0.15) is 12.5 Å². The highest BCUT2D eigenvalue weighted by Crippen LogP contribution is 2.27. The van der Waals surface area contributed by atoms with Crippen molar-refractivity contribution in [3.05, 3.63) is 58.6 Å². The number of sulfone groups is 1. The van der Waals surface area contributed by atoms with Crippen LogP contribution in [0.4, 0.5) is 5.69 Å². The Hall–Kier alpha value is -1.33. The molecule has 0 unspecified atom stereocenters. The fourth-order valence-electron chi connectivity index (χ4n) is 2.16. The summed E-state index contributed by atoms with van der Waals surface area (Å²) in [6.07, 6.45) is 0. The SMILES string of the molecule is CCS(=O)(=O)c1ccccc1N(C)Cc1ccccc1Br. The van der Waals surface area contributed by atoms with Crippen LogP contribution in [0.15, 0.2) is 57.9 Å². The monoisotopic (exact) mass is 367 g/mol. The lowest BCUT2D eigenvalue weighted by Gasteiger charge is -2.22. The van der Waals surface area contributed by atoms with Crippen molar-refractivity contribution in [2.24, 2.45) is 0 Å². The number of rotatable bonds is 5. The molecule has 0 atom stereocenters. The molecule has 2 aromatic rings. The van der Waals surface area contributed by atoms with Gasteiger partial charge in [0.15, 0.2) is 9.84 Å². The van der Waals surface area contributed by atoms with Crippen LogP contribution >= 0.6 is 15.9 Å². The number of nitrogens with zero attached hydrogens (tertiary/aromatic N) is 1. The first kappa shape index (κ1) is 16.0. The normalized spacial score (nSPS) is 11.4. The van der Waals surface area contributed by atoms with E-state index in [-0.39, 0.29) is 5.75 Å². The van der Waals surface area contributed by atoms with E-state index in [1.807, 2.05) is 48.3 Å². The predicted molar refractivity (Wildman–Crippen MR) is 90.4 cm³/mol. The van der Waals surface area contributed by atoms with Crippen LogP contribution in [-0.4, -0.2) is 21.2 Å². The van der Waals surface area contributed by atoms with Gasteiger partial charge in [-0.15, -0.1) is 0 Å². The molecule has 0 aliphatic rings. The fraction of sp³-hybridized carbons (Fsp3) is 0.250. The van der Waals surface area contributed by atoms with Gasteiger partial charge in [0.25, 0.3) is 0 Å². The van der Waals surface area contributed by atoms with E-state index in [1.54, 1.807) is 19.1 Å². The van der Waals surface area contributed by atoms with Gasteiger partial charge in [-0.25, -0.2) is 8.42 Å². The average Bonchev–Trinajstić information content (AvgIpc) is 2.49. The van der Waals surface area contributed by atoms with Crippen LogP contribution in [-0.2, 0) is 16.4 Å². The Morgan fingerprint density at radius 2 is 1.67 bits per heavy atom. The van der Waals surface area contributed by atoms with Crippen molar-refractivity contribution in [3.63, 3.8) is 0 Å². The molecule has 0 saturated heterocycles. The van der Waals surface area contributed by atoms with E-state index < -0.39 is 9.84 Å². The lowest BCUT2D eigenvalue weighted by molar-refractivity contribution is 0.597. The zero-order valence-corrected chi connectivity index (χ0v) is 14.5. The number of hydrogen-bond donors (Lipinski definition) is 0. The van der Waals surface area contributed by atoms with Gasteiger partial charge in [-0.3, -0.25) is 0 Å². The Morgan fingerprint density at radius 1 is 1.05 bits per heavy atom. The third-order valence-corrected chi connectivity index (χ3v) is 5.91. The summed E-state index contributed by atoms with van der Waals surface area (Å²) in [5.41, 5.74) is 1.85. The van der Waals surface area contributed by atoms with Gasteiger partial charge in [0.2, 0.25) is 0 Å². The Balaban J connectivity index is 2.37. The van der Waals surface area contributed by atoms with Gasteiger partial charge in [-0.05, 0) is 23.8 Å². The van der Waals surface area contributed by atoms with Gasteiger partial charge in [0.1, 0.15) is 0 Å². The number of anilines is 1. The molecule has 0 N–H and O–H groups in total. The van der Waals surface area contributed by atoms with E-state index in [1.165, 1.54) is 0 Å². The maximum Gasteiger partial charge on any atom is 0.180 e. The Morgan fingerprint density at radius 3 is 2.33 bits per heavy atom. The van der Waals surface area contributed by atoms with Crippen LogP contribution < -0.4 is 4.90 Å². The summed E-state index contributed by atoms with van der Waals surface area (Å²) >= 11 is 3.52. The van der Waals surface area contributed by atoms with Gasteiger partial charge < -0.3 is 4.90 Å². The van der Waals surface area contributed by atoms with E-state index in [0.29, 0.717) is 11.4 Å². The third kappa shape index (κ3) is 3.66. The maximum atomic E-state index is 12.2. The molecule has 21 heavy (non-hydrogen) atoms. The van der Waals surface area contributed by atoms with E-state index in [9.17, 15) is 8.42 Å². The second-order valence-electron chi connectivity index (χ2n) is 4.82. The fourth-order valence-corrected chi connectivity index (χ4v) is 3.71. The first-order chi connectivity index (χ1) is 9.95. The van der Waals surface area contributed by atoms with Crippen molar-refractivity contribution < 1.29 is 8.42 Å². The van der Waals surface area contributed by atoms with Crippen LogP contribution in [0.25, 0.3) is 0 Å². The lowest BCUT2D eigenvalue weighted by Crippen LogP contribution is -2.20. The van der Waals surface area contributed by atoms with E-state index >= 15 is 0 Å². The average molecular weight is 368 g/mol. The second-order valence-corrected chi connectivity index (χ2v) is 7.92. The van der Waals surface area contributed by atoms with Crippen molar-refractivity contribution in [1.29, 1.82) is 0 Å². The van der Waals surface area contributed by atoms with Gasteiger partial charge in [0.05, 0.1) is 16.3 Å². The van der Waals surface area contributed by atoms with Crippen molar-refractivity contribution in [2.45, 2.75) is 18.4 Å². The van der Waals surface area contributed by atoms with Crippen molar-refractivity contribution in [1.82, 2.24) is 0 Å². The number of para-hydroxylation sites is 1. The second kappa shape index (κ2) is 6.62. The maximum absolute atomic E-state index is 12.2. The third-order valence-electron chi connectivity index (χ3n) is 3.36. The summed E-state index contributed by atoms with van der Waals surface area (Å²) in [5.74, 6) is 0.104. The van der Waals surface area contributed by atoms with Crippen molar-refractivity contribution in [2.75, 3.05) is 17.7 Å². The molecule has 0 aromatic heterocycles. The predicted octanol–water partition coefficient (Wildman–Crippen LogP) is 3.88. The molecule has 0 saturated carbocycles. The summed E-state index contributed by atoms with van der Waals surface area (Å²) < 4.78 is 25.4. The molecule has 5 heteroatoms. The summed E-state index contributed by atoms with van der Waals surface area (Å²) in [4.78, 5) is 2.35. The summed E-state index contributed by atoms with van der Waals surface area (Å²) in [5, 5.41) is 0. The first-order valence-corrected chi connectivity index (χ1v) is 9.16. The van der Waals surface area contributed by atoms with Crippen LogP contribution in [0, 0.1) is 0 Å². The molecular weight excluding hydrogens is 350 g/mol. The van der Waals surface area contributed by atoms with Crippen molar-refractivity contribution in [3.8, 4) is 0 Å². The minimum Gasteiger partial charge on any atom is -0.369 e. The topological polar surface area (TPSA) is 37.4 Å². The van der Waals surface area contributed by atoms with Gasteiger partial charge in [-0.2, -0.15) is 0 Å². The summed E-state index contributed by atoms with van der Waals surface area (Å²) in [6.45, 7) is 2.30. The standard InChI is InChI=1S/C16H18BrNO2S/c1-3-21(19,20)16-11-7-6-10-15(16)18(2)12-13-8-4-5-9-14(13)17/h4-11H,3,12H2,1-2H3. The van der Waals surface area contributed by atoms with Crippen LogP contribution in [0.2, 0.25) is 0 Å². The van der Waals surface area contributed by atoms with E-state index in [2.05, 4.69) is 15.9 Å². The van der Waals surface area contributed by atoms with Gasteiger partial charge in [0, 0.05) is 18.1 Å². The van der Waals surface area contributed by atoms with Gasteiger partial charge >= 0.3 is 0 Å². The first-order valence-electron chi connectivity index (χ1n) is 6.72. The molecule has 0 bridgehead atoms. The zero-order chi connectivity index (χ0) is 15.5. The molecule has 2 rings (SSSR count). The molecule has 2 aromatic carbocycles. The molecule has 0 heterocycles. The number of hydrogen-bond acceptors (Lipinski definition) is 3. The lowest BCUT2D eigenvalue weighted by atomic mass is 10.2. The minimum atomic E-state index is -3.23. The van der Waals surface area contributed by atoms with E-state index in [4.69, 9.17) is 0 Å². The molecule has 112 valence electrons. The molecule has 0 amide bonds. The summed E-state index contributed by atoms with van der Waals surface area (Å²) in [7, 11) is -1.32. The molecule has 0 aliphatic carbocycles. The summed E-state index contributed by atoms with van der Waals surface area (Å²) in [6, 6.07) is 15.1. The quantitative estimate of drug-likeness (QED) is 0.804. The highest BCUT2D eigenvalue weighted by molar-refractivity contribution is 9.10. The van der Waals surface area contributed by atoms with Gasteiger partial charge in [-0.1, -0.05) is 53.2 Å². The smallest absolute Gasteiger partial charge is 0.180 e. The Bertz CT molecular complexity index is 729. The largest absolute Gasteiger partial charge is 0.369 e. The molecular formula is C16H18BrNO2S. The highest BCUT2D eigenvalue weighted by Gasteiger charge is 2.18. The molecule has 3 nitrogen and oxygen atoms in total. The highest BCUT2D eigenvalue weighted by atomic mass is 79.9. The molecule has 0 radical (unpaired) electrons. The number of benzene rings is 2. The number of halogens is 1. The van der Waals surface area contributed by atoms with Crippen molar-refractivity contribution >= 4 is 31.5 Å². The van der Waals surface area contributed by atoms with Crippen LogP contribution in [0.3, 0.4) is 0 Å². The molecule has 0 aliphatic heterocycles. The minimum absolute atomic E-state index is 0.104. The molecule has 0 spiro atoms.